The molecule has 0 unspecified atom stereocenters. The number of fused-ring (bicyclic) bond motifs is 1. The van der Waals surface area contributed by atoms with Crippen LogP contribution in [0.3, 0.4) is 0 Å². The standard InChI is InChI=1S/C17H15BrN2/c1-12-6-7-14(16(18)8-12)10-19-15-9-13-4-2-3-5-17(13)20-11-15/h2-9,11,19H,10H2,1H3. The maximum Gasteiger partial charge on any atom is 0.0703 e. The Kier molecular flexibility index (Phi) is 3.70. The molecule has 0 radical (unpaired) electrons. The third-order valence-corrected chi connectivity index (χ3v) is 4.02. The second-order valence-corrected chi connectivity index (χ2v) is 5.72. The number of rotatable bonds is 3. The maximum absolute atomic E-state index is 4.46. The van der Waals surface area contributed by atoms with Crippen LogP contribution in [0.5, 0.6) is 0 Å². The molecule has 3 rings (SSSR count). The van der Waals surface area contributed by atoms with Crippen LogP contribution in [-0.4, -0.2) is 4.98 Å². The number of hydrogen-bond donors (Lipinski definition) is 1. The summed E-state index contributed by atoms with van der Waals surface area (Å²) >= 11 is 3.60. The quantitative estimate of drug-likeness (QED) is 0.739. The van der Waals surface area contributed by atoms with E-state index in [-0.39, 0.29) is 0 Å². The van der Waals surface area contributed by atoms with Gasteiger partial charge in [-0.3, -0.25) is 4.98 Å². The number of nitrogens with one attached hydrogen (secondary N) is 1. The molecule has 0 saturated heterocycles. The number of aryl methyl sites for hydroxylation is 1. The summed E-state index contributed by atoms with van der Waals surface area (Å²) in [5.74, 6) is 0. The lowest BCUT2D eigenvalue weighted by Gasteiger charge is -2.09. The Bertz CT molecular complexity index is 753. The Labute approximate surface area is 127 Å². The number of nitrogens with zero attached hydrogens (tertiary/aromatic N) is 1. The summed E-state index contributed by atoms with van der Waals surface area (Å²) in [5, 5.41) is 4.57. The van der Waals surface area contributed by atoms with Gasteiger partial charge in [0.15, 0.2) is 0 Å². The Balaban J connectivity index is 1.79. The van der Waals surface area contributed by atoms with E-state index in [1.165, 1.54) is 11.1 Å². The van der Waals surface area contributed by atoms with E-state index in [2.05, 4.69) is 63.5 Å². The van der Waals surface area contributed by atoms with Crippen LogP contribution in [0, 0.1) is 6.92 Å². The summed E-state index contributed by atoms with van der Waals surface area (Å²) in [7, 11) is 0. The van der Waals surface area contributed by atoms with Crippen molar-refractivity contribution < 1.29 is 0 Å². The number of aromatic nitrogens is 1. The first-order valence-electron chi connectivity index (χ1n) is 6.56. The molecule has 3 aromatic rings. The van der Waals surface area contributed by atoms with Gasteiger partial charge >= 0.3 is 0 Å². The van der Waals surface area contributed by atoms with E-state index in [4.69, 9.17) is 0 Å². The van der Waals surface area contributed by atoms with Gasteiger partial charge in [0.05, 0.1) is 17.4 Å². The molecule has 0 atom stereocenters. The number of hydrogen-bond acceptors (Lipinski definition) is 2. The fourth-order valence-corrected chi connectivity index (χ4v) is 2.79. The molecule has 20 heavy (non-hydrogen) atoms. The van der Waals surface area contributed by atoms with Crippen molar-refractivity contribution in [3.8, 4) is 0 Å². The van der Waals surface area contributed by atoms with Crippen molar-refractivity contribution in [1.82, 2.24) is 4.98 Å². The topological polar surface area (TPSA) is 24.9 Å². The lowest BCUT2D eigenvalue weighted by Crippen LogP contribution is -2.00. The van der Waals surface area contributed by atoms with Gasteiger partial charge in [-0.15, -0.1) is 0 Å². The minimum atomic E-state index is 0.779. The van der Waals surface area contributed by atoms with E-state index >= 15 is 0 Å². The van der Waals surface area contributed by atoms with Crippen molar-refractivity contribution >= 4 is 32.5 Å². The first-order chi connectivity index (χ1) is 9.72. The van der Waals surface area contributed by atoms with Gasteiger partial charge in [0.2, 0.25) is 0 Å². The highest BCUT2D eigenvalue weighted by Gasteiger charge is 2.01. The molecule has 100 valence electrons. The summed E-state index contributed by atoms with van der Waals surface area (Å²) in [4.78, 5) is 4.46. The molecular weight excluding hydrogens is 312 g/mol. The molecule has 2 nitrogen and oxygen atoms in total. The van der Waals surface area contributed by atoms with Crippen molar-refractivity contribution in [2.75, 3.05) is 5.32 Å². The van der Waals surface area contributed by atoms with Crippen molar-refractivity contribution in [1.29, 1.82) is 0 Å². The number of anilines is 1. The van der Waals surface area contributed by atoms with E-state index in [9.17, 15) is 0 Å². The summed E-state index contributed by atoms with van der Waals surface area (Å²) in [6.45, 7) is 2.87. The summed E-state index contributed by atoms with van der Waals surface area (Å²) in [6, 6.07) is 16.7. The highest BCUT2D eigenvalue weighted by Crippen LogP contribution is 2.21. The SMILES string of the molecule is Cc1ccc(CNc2cnc3ccccc3c2)c(Br)c1. The maximum atomic E-state index is 4.46. The van der Waals surface area contributed by atoms with E-state index in [1.54, 1.807) is 0 Å². The fraction of sp³-hybridized carbons (Fsp3) is 0.118. The van der Waals surface area contributed by atoms with Crippen LogP contribution in [0.2, 0.25) is 0 Å². The van der Waals surface area contributed by atoms with Crippen molar-refractivity contribution in [3.63, 3.8) is 0 Å². The second-order valence-electron chi connectivity index (χ2n) is 4.87. The summed E-state index contributed by atoms with van der Waals surface area (Å²) in [6.07, 6.45) is 1.88. The minimum absolute atomic E-state index is 0.779. The Morgan fingerprint density at radius 1 is 1.10 bits per heavy atom. The van der Waals surface area contributed by atoms with Crippen LogP contribution in [0.15, 0.2) is 59.2 Å². The number of benzene rings is 2. The van der Waals surface area contributed by atoms with Gasteiger partial charge < -0.3 is 5.32 Å². The van der Waals surface area contributed by atoms with Gasteiger partial charge in [-0.25, -0.2) is 0 Å². The normalized spacial score (nSPS) is 10.7. The lowest BCUT2D eigenvalue weighted by molar-refractivity contribution is 1.13. The van der Waals surface area contributed by atoms with Crippen LogP contribution in [0.25, 0.3) is 10.9 Å². The Morgan fingerprint density at radius 3 is 2.80 bits per heavy atom. The first kappa shape index (κ1) is 13.1. The third kappa shape index (κ3) is 2.83. The molecule has 3 heteroatoms. The molecule has 1 heterocycles. The Morgan fingerprint density at radius 2 is 1.95 bits per heavy atom. The predicted octanol–water partition coefficient (Wildman–Crippen LogP) is 4.92. The molecule has 0 aliphatic rings. The molecule has 0 fully saturated rings. The lowest BCUT2D eigenvalue weighted by atomic mass is 10.1. The van der Waals surface area contributed by atoms with Gasteiger partial charge in [0.1, 0.15) is 0 Å². The average Bonchev–Trinajstić information content (AvgIpc) is 2.46. The molecule has 0 amide bonds. The highest BCUT2D eigenvalue weighted by atomic mass is 79.9. The zero-order valence-corrected chi connectivity index (χ0v) is 12.8. The fourth-order valence-electron chi connectivity index (χ4n) is 2.16. The average molecular weight is 327 g/mol. The molecule has 0 saturated carbocycles. The van der Waals surface area contributed by atoms with E-state index in [0.717, 1.165) is 27.6 Å². The zero-order chi connectivity index (χ0) is 13.9. The Hall–Kier alpha value is -1.87. The van der Waals surface area contributed by atoms with Gasteiger partial charge in [0, 0.05) is 16.4 Å². The van der Waals surface area contributed by atoms with Gasteiger partial charge in [-0.1, -0.05) is 46.3 Å². The molecule has 0 aliphatic carbocycles. The molecule has 1 aromatic heterocycles. The zero-order valence-electron chi connectivity index (χ0n) is 11.2. The highest BCUT2D eigenvalue weighted by molar-refractivity contribution is 9.10. The van der Waals surface area contributed by atoms with Crippen LogP contribution in [0.1, 0.15) is 11.1 Å². The van der Waals surface area contributed by atoms with Crippen LogP contribution in [0.4, 0.5) is 5.69 Å². The van der Waals surface area contributed by atoms with Gasteiger partial charge in [0.25, 0.3) is 0 Å². The van der Waals surface area contributed by atoms with Crippen molar-refractivity contribution in [2.24, 2.45) is 0 Å². The van der Waals surface area contributed by atoms with Crippen LogP contribution >= 0.6 is 15.9 Å². The van der Waals surface area contributed by atoms with Gasteiger partial charge in [-0.05, 0) is 36.2 Å². The second kappa shape index (κ2) is 5.63. The molecule has 0 spiro atoms. The molecule has 2 aromatic carbocycles. The number of halogens is 1. The number of para-hydroxylation sites is 1. The number of pyridine rings is 1. The largest absolute Gasteiger partial charge is 0.380 e. The van der Waals surface area contributed by atoms with Crippen LogP contribution < -0.4 is 5.32 Å². The molecule has 0 aliphatic heterocycles. The minimum Gasteiger partial charge on any atom is -0.380 e. The summed E-state index contributed by atoms with van der Waals surface area (Å²) in [5.41, 5.74) is 4.56. The van der Waals surface area contributed by atoms with E-state index in [0.29, 0.717) is 0 Å². The van der Waals surface area contributed by atoms with E-state index < -0.39 is 0 Å². The van der Waals surface area contributed by atoms with Crippen molar-refractivity contribution in [3.05, 3.63) is 70.3 Å². The van der Waals surface area contributed by atoms with Crippen molar-refractivity contribution in [2.45, 2.75) is 13.5 Å². The van der Waals surface area contributed by atoms with Gasteiger partial charge in [-0.2, -0.15) is 0 Å². The predicted molar refractivity (Wildman–Crippen MR) is 87.9 cm³/mol. The first-order valence-corrected chi connectivity index (χ1v) is 7.35. The molecular formula is C17H15BrN2. The summed E-state index contributed by atoms with van der Waals surface area (Å²) < 4.78 is 1.14. The van der Waals surface area contributed by atoms with Crippen LogP contribution in [-0.2, 0) is 6.54 Å². The smallest absolute Gasteiger partial charge is 0.0703 e. The van der Waals surface area contributed by atoms with E-state index in [1.807, 2.05) is 24.4 Å². The molecule has 0 bridgehead atoms. The monoisotopic (exact) mass is 326 g/mol. The third-order valence-electron chi connectivity index (χ3n) is 3.28. The molecule has 1 N–H and O–H groups in total.